The van der Waals surface area contributed by atoms with E-state index in [4.69, 9.17) is 0 Å². The lowest BCUT2D eigenvalue weighted by Gasteiger charge is -2.06. The minimum Gasteiger partial charge on any atom is -0.322 e. The van der Waals surface area contributed by atoms with Crippen molar-refractivity contribution >= 4 is 23.6 Å². The van der Waals surface area contributed by atoms with Crippen LogP contribution < -0.4 is 16.6 Å². The first-order valence-corrected chi connectivity index (χ1v) is 10.2. The van der Waals surface area contributed by atoms with E-state index in [1.54, 1.807) is 7.05 Å². The Morgan fingerprint density at radius 1 is 0.893 bits per heavy atom. The van der Waals surface area contributed by atoms with Gasteiger partial charge in [0.2, 0.25) is 0 Å². The maximum absolute atomic E-state index is 12.2. The average Bonchev–Trinajstić information content (AvgIpc) is 3.00. The first kappa shape index (κ1) is 26.4. The van der Waals surface area contributed by atoms with E-state index >= 15 is 0 Å². The molecule has 0 amide bonds. The zero-order chi connectivity index (χ0) is 20.4. The van der Waals surface area contributed by atoms with Crippen molar-refractivity contribution in [3.05, 3.63) is 26.7 Å². The Hall–Kier alpha value is -1.60. The van der Waals surface area contributed by atoms with E-state index in [1.165, 1.54) is 50.4 Å². The number of unbranched alkanes of at least 4 members (excludes halogenated alkanes) is 3. The second-order valence-electron chi connectivity index (χ2n) is 7.00. The molecule has 0 unspecified atom stereocenters. The van der Waals surface area contributed by atoms with Crippen LogP contribution in [-0.2, 0) is 20.6 Å². The van der Waals surface area contributed by atoms with E-state index in [1.807, 2.05) is 11.5 Å². The van der Waals surface area contributed by atoms with Gasteiger partial charge in [0.25, 0.3) is 5.56 Å². The maximum atomic E-state index is 12.2. The van der Waals surface area contributed by atoms with Crippen molar-refractivity contribution in [3.63, 3.8) is 0 Å². The minimum absolute atomic E-state index is 0. The van der Waals surface area contributed by atoms with Gasteiger partial charge in [-0.15, -0.1) is 12.4 Å². The lowest BCUT2D eigenvalue weighted by atomic mass is 10.3. The first-order valence-electron chi connectivity index (χ1n) is 10.2. The number of fused-ring (bicyclic) bond motifs is 1. The molecule has 0 bridgehead atoms. The van der Waals surface area contributed by atoms with Gasteiger partial charge in [0, 0.05) is 20.6 Å². The van der Waals surface area contributed by atoms with E-state index in [-0.39, 0.29) is 23.7 Å². The Balaban J connectivity index is 0.000000627. The van der Waals surface area contributed by atoms with Gasteiger partial charge < -0.3 is 9.88 Å². The topological polar surface area (TPSA) is 73.8 Å². The van der Waals surface area contributed by atoms with Crippen molar-refractivity contribution < 1.29 is 0 Å². The molecule has 162 valence electrons. The van der Waals surface area contributed by atoms with Gasteiger partial charge in [-0.3, -0.25) is 13.9 Å². The molecule has 1 N–H and O–H groups in total. The monoisotopic (exact) mass is 415 g/mol. The molecule has 0 aliphatic rings. The number of aryl methyl sites for hydroxylation is 3. The Morgan fingerprint density at radius 3 is 1.93 bits per heavy atom. The summed E-state index contributed by atoms with van der Waals surface area (Å²) in [5.74, 6) is 0.775. The summed E-state index contributed by atoms with van der Waals surface area (Å²) in [5, 5.41) is 3.39. The van der Waals surface area contributed by atoms with Gasteiger partial charge in [0.1, 0.15) is 5.82 Å². The van der Waals surface area contributed by atoms with Crippen molar-refractivity contribution in [2.75, 3.05) is 13.1 Å². The molecule has 0 radical (unpaired) electrons. The standard InChI is InChI=1S/C12H18N4O2.C8H19N.ClH/c1-5-6-7-16-8(2)13-10-9(16)11(17)15(4)12(18)14(10)3;1-3-5-7-9-8-6-4-2;/h5-7H2,1-4H3;9H,3-8H2,1-2H3;1H. The molecule has 0 aliphatic carbocycles. The van der Waals surface area contributed by atoms with Gasteiger partial charge >= 0.3 is 5.69 Å². The fourth-order valence-electron chi connectivity index (χ4n) is 2.87. The zero-order valence-electron chi connectivity index (χ0n) is 18.4. The number of hydrogen-bond acceptors (Lipinski definition) is 4. The number of halogens is 1. The smallest absolute Gasteiger partial charge is 0.322 e. The predicted molar refractivity (Wildman–Crippen MR) is 120 cm³/mol. The summed E-state index contributed by atoms with van der Waals surface area (Å²) >= 11 is 0. The van der Waals surface area contributed by atoms with E-state index in [0.717, 1.165) is 29.8 Å². The molecule has 0 fully saturated rings. The summed E-state index contributed by atoms with van der Waals surface area (Å²) in [5.41, 5.74) is 0.375. The molecule has 2 rings (SSSR count). The van der Waals surface area contributed by atoms with Gasteiger partial charge in [-0.05, 0) is 39.3 Å². The summed E-state index contributed by atoms with van der Waals surface area (Å²) in [6.45, 7) is 11.6. The highest BCUT2D eigenvalue weighted by molar-refractivity contribution is 5.85. The Kier molecular flexibility index (Phi) is 12.8. The second kappa shape index (κ2) is 13.6. The van der Waals surface area contributed by atoms with E-state index in [0.29, 0.717) is 11.2 Å². The third kappa shape index (κ3) is 6.78. The number of aromatic nitrogens is 4. The van der Waals surface area contributed by atoms with Crippen LogP contribution in [-0.4, -0.2) is 31.8 Å². The van der Waals surface area contributed by atoms with Crippen LogP contribution in [0.25, 0.3) is 11.2 Å². The fraction of sp³-hybridized carbons (Fsp3) is 0.750. The quantitative estimate of drug-likeness (QED) is 0.638. The molecular weight excluding hydrogens is 378 g/mol. The lowest BCUT2D eigenvalue weighted by Crippen LogP contribution is -2.37. The molecule has 0 saturated heterocycles. The maximum Gasteiger partial charge on any atom is 0.332 e. The van der Waals surface area contributed by atoms with Crippen molar-refractivity contribution in [1.82, 2.24) is 24.0 Å². The Bertz CT molecular complexity index is 817. The number of hydrogen-bond donors (Lipinski definition) is 1. The predicted octanol–water partition coefficient (Wildman–Crippen LogP) is 3.14. The molecule has 2 aromatic rings. The molecule has 7 nitrogen and oxygen atoms in total. The van der Waals surface area contributed by atoms with Crippen LogP contribution >= 0.6 is 12.4 Å². The van der Waals surface area contributed by atoms with Crippen LogP contribution in [0.2, 0.25) is 0 Å². The number of nitrogens with one attached hydrogen (secondary N) is 1. The average molecular weight is 416 g/mol. The van der Waals surface area contributed by atoms with Crippen LogP contribution in [0, 0.1) is 6.92 Å². The van der Waals surface area contributed by atoms with Gasteiger partial charge in [0.05, 0.1) is 0 Å². The lowest BCUT2D eigenvalue weighted by molar-refractivity contribution is 0.611. The molecule has 0 aliphatic heterocycles. The number of rotatable bonds is 9. The SMILES string of the molecule is CCCCNCCCC.CCCCn1c(C)nc2c1c(=O)n(C)c(=O)n2C.Cl. The van der Waals surface area contributed by atoms with Crippen molar-refractivity contribution in [2.24, 2.45) is 14.1 Å². The van der Waals surface area contributed by atoms with Gasteiger partial charge in [0.15, 0.2) is 11.2 Å². The van der Waals surface area contributed by atoms with Gasteiger partial charge in [-0.1, -0.05) is 40.0 Å². The molecule has 28 heavy (non-hydrogen) atoms. The van der Waals surface area contributed by atoms with E-state index in [2.05, 4.69) is 31.1 Å². The highest BCUT2D eigenvalue weighted by Gasteiger charge is 2.16. The van der Waals surface area contributed by atoms with E-state index in [9.17, 15) is 9.59 Å². The minimum atomic E-state index is -0.340. The Labute approximate surface area is 174 Å². The van der Waals surface area contributed by atoms with Crippen LogP contribution in [0.3, 0.4) is 0 Å². The third-order valence-corrected chi connectivity index (χ3v) is 4.69. The Morgan fingerprint density at radius 2 is 1.43 bits per heavy atom. The normalized spacial score (nSPS) is 10.5. The summed E-state index contributed by atoms with van der Waals surface area (Å²) in [7, 11) is 3.14. The van der Waals surface area contributed by atoms with Gasteiger partial charge in [-0.25, -0.2) is 9.78 Å². The second-order valence-corrected chi connectivity index (χ2v) is 7.00. The van der Waals surface area contributed by atoms with Crippen molar-refractivity contribution in [2.45, 2.75) is 72.8 Å². The fourth-order valence-corrected chi connectivity index (χ4v) is 2.87. The van der Waals surface area contributed by atoms with Crippen LogP contribution in [0.5, 0.6) is 0 Å². The summed E-state index contributed by atoms with van der Waals surface area (Å²) < 4.78 is 4.46. The van der Waals surface area contributed by atoms with Crippen LogP contribution in [0.15, 0.2) is 9.59 Å². The molecule has 2 heterocycles. The van der Waals surface area contributed by atoms with Crippen LogP contribution in [0.1, 0.15) is 65.1 Å². The molecule has 8 heteroatoms. The molecule has 0 aromatic carbocycles. The zero-order valence-corrected chi connectivity index (χ0v) is 19.2. The van der Waals surface area contributed by atoms with Crippen LogP contribution in [0.4, 0.5) is 0 Å². The molecule has 0 atom stereocenters. The third-order valence-electron chi connectivity index (χ3n) is 4.69. The molecule has 0 saturated carbocycles. The van der Waals surface area contributed by atoms with Crippen molar-refractivity contribution in [3.8, 4) is 0 Å². The highest BCUT2D eigenvalue weighted by Crippen LogP contribution is 2.11. The highest BCUT2D eigenvalue weighted by atomic mass is 35.5. The van der Waals surface area contributed by atoms with Gasteiger partial charge in [-0.2, -0.15) is 0 Å². The first-order chi connectivity index (χ1) is 12.9. The molecule has 0 spiro atoms. The molecule has 2 aromatic heterocycles. The van der Waals surface area contributed by atoms with E-state index < -0.39 is 0 Å². The van der Waals surface area contributed by atoms with Crippen molar-refractivity contribution in [1.29, 1.82) is 0 Å². The summed E-state index contributed by atoms with van der Waals surface area (Å²) in [6.07, 6.45) is 7.29. The summed E-state index contributed by atoms with van der Waals surface area (Å²) in [4.78, 5) is 28.3. The molecular formula is C20H38ClN5O2. The summed E-state index contributed by atoms with van der Waals surface area (Å²) in [6, 6.07) is 0. The number of imidazole rings is 1. The largest absolute Gasteiger partial charge is 0.332 e. The number of nitrogens with zero attached hydrogens (tertiary/aromatic N) is 4.